The average Bonchev–Trinajstić information content (AvgIpc) is 3.17. The Morgan fingerprint density at radius 1 is 1.19 bits per heavy atom. The largest absolute Gasteiger partial charge is 0.347 e. The van der Waals surface area contributed by atoms with Crippen molar-refractivity contribution in [3.05, 3.63) is 60.8 Å². The fourth-order valence-corrected chi connectivity index (χ4v) is 2.27. The summed E-state index contributed by atoms with van der Waals surface area (Å²) in [5, 5.41) is 4.69. The first-order valence-corrected chi connectivity index (χ1v) is 7.09. The average molecular weight is 281 g/mol. The zero-order valence-electron chi connectivity index (χ0n) is 12.3. The van der Waals surface area contributed by atoms with E-state index >= 15 is 0 Å². The van der Waals surface area contributed by atoms with E-state index in [4.69, 9.17) is 5.10 Å². The van der Waals surface area contributed by atoms with E-state index in [9.17, 15) is 0 Å². The maximum absolute atomic E-state index is 4.69. The monoisotopic (exact) mass is 281 g/mol. The number of benzene rings is 1. The normalized spacial score (nSPS) is 11.0. The van der Waals surface area contributed by atoms with E-state index in [1.807, 2.05) is 53.5 Å². The number of nitrogens with zero attached hydrogens (tertiary/aromatic N) is 4. The van der Waals surface area contributed by atoms with E-state index in [1.54, 1.807) is 6.33 Å². The molecular weight excluding hydrogens is 262 g/mol. The molecule has 0 aliphatic carbocycles. The summed E-state index contributed by atoms with van der Waals surface area (Å²) in [6.07, 6.45) is 5.55. The number of aromatic amines is 1. The van der Waals surface area contributed by atoms with Gasteiger partial charge in [-0.25, -0.2) is 9.67 Å². The molecule has 0 fully saturated rings. The third-order valence-corrected chi connectivity index (χ3v) is 3.41. The first-order valence-electron chi connectivity index (χ1n) is 7.09. The molecule has 0 amide bonds. The van der Waals surface area contributed by atoms with Gasteiger partial charge in [0.15, 0.2) is 5.82 Å². The molecule has 5 nitrogen and oxygen atoms in total. The Morgan fingerprint density at radius 3 is 2.67 bits per heavy atom. The van der Waals surface area contributed by atoms with Crippen molar-refractivity contribution >= 4 is 5.82 Å². The van der Waals surface area contributed by atoms with E-state index < -0.39 is 0 Å². The van der Waals surface area contributed by atoms with Gasteiger partial charge in [0.05, 0.1) is 24.3 Å². The summed E-state index contributed by atoms with van der Waals surface area (Å²) in [5.41, 5.74) is 2.15. The molecule has 0 aliphatic rings. The van der Waals surface area contributed by atoms with Gasteiger partial charge in [-0.3, -0.25) is 0 Å². The van der Waals surface area contributed by atoms with Crippen LogP contribution >= 0.6 is 0 Å². The predicted octanol–water partition coefficient (Wildman–Crippen LogP) is 3.01. The van der Waals surface area contributed by atoms with Crippen LogP contribution < -0.4 is 4.90 Å². The lowest BCUT2D eigenvalue weighted by Crippen LogP contribution is -2.30. The van der Waals surface area contributed by atoms with Crippen LogP contribution in [0.5, 0.6) is 0 Å². The van der Waals surface area contributed by atoms with Crippen LogP contribution in [-0.4, -0.2) is 25.8 Å². The second kappa shape index (κ2) is 5.83. The van der Waals surface area contributed by atoms with Gasteiger partial charge in [0.25, 0.3) is 0 Å². The SMILES string of the molecule is CC(C)N(Cc1cnc[nH]1)c1ccn(-c2ccccc2)n1. The number of nitrogens with one attached hydrogen (secondary N) is 1. The Hall–Kier alpha value is -2.56. The maximum atomic E-state index is 4.69. The molecule has 2 aromatic heterocycles. The van der Waals surface area contributed by atoms with Crippen LogP contribution in [0.1, 0.15) is 19.5 Å². The molecule has 5 heteroatoms. The third-order valence-electron chi connectivity index (χ3n) is 3.41. The van der Waals surface area contributed by atoms with Crippen LogP contribution in [-0.2, 0) is 6.54 Å². The van der Waals surface area contributed by atoms with Crippen LogP contribution in [0.15, 0.2) is 55.1 Å². The highest BCUT2D eigenvalue weighted by Crippen LogP contribution is 2.18. The number of imidazole rings is 1. The van der Waals surface area contributed by atoms with Gasteiger partial charge in [0.1, 0.15) is 0 Å². The molecule has 1 aromatic carbocycles. The van der Waals surface area contributed by atoms with Crippen LogP contribution in [0.2, 0.25) is 0 Å². The molecule has 108 valence electrons. The molecular formula is C16H19N5. The quantitative estimate of drug-likeness (QED) is 0.782. The van der Waals surface area contributed by atoms with E-state index in [-0.39, 0.29) is 0 Å². The molecule has 2 heterocycles. The highest BCUT2D eigenvalue weighted by molar-refractivity contribution is 5.41. The fourth-order valence-electron chi connectivity index (χ4n) is 2.27. The van der Waals surface area contributed by atoms with E-state index in [0.717, 1.165) is 23.7 Å². The summed E-state index contributed by atoms with van der Waals surface area (Å²) >= 11 is 0. The van der Waals surface area contributed by atoms with Crippen LogP contribution in [0.4, 0.5) is 5.82 Å². The van der Waals surface area contributed by atoms with Gasteiger partial charge < -0.3 is 9.88 Å². The first kappa shape index (κ1) is 13.4. The Balaban J connectivity index is 1.85. The second-order valence-electron chi connectivity index (χ2n) is 5.25. The van der Waals surface area contributed by atoms with Crippen molar-refractivity contribution in [2.24, 2.45) is 0 Å². The molecule has 0 saturated carbocycles. The van der Waals surface area contributed by atoms with Gasteiger partial charge in [0, 0.05) is 24.5 Å². The molecule has 0 radical (unpaired) electrons. The van der Waals surface area contributed by atoms with E-state index in [1.165, 1.54) is 0 Å². The van der Waals surface area contributed by atoms with Gasteiger partial charge in [-0.1, -0.05) is 18.2 Å². The van der Waals surface area contributed by atoms with E-state index in [0.29, 0.717) is 6.04 Å². The molecule has 0 bridgehead atoms. The Kier molecular flexibility index (Phi) is 3.73. The molecule has 3 rings (SSSR count). The zero-order valence-corrected chi connectivity index (χ0v) is 12.3. The summed E-state index contributed by atoms with van der Waals surface area (Å²) in [5.74, 6) is 0.962. The first-order chi connectivity index (χ1) is 10.2. The minimum absolute atomic E-state index is 0.354. The molecule has 21 heavy (non-hydrogen) atoms. The van der Waals surface area contributed by atoms with Crippen molar-refractivity contribution in [1.29, 1.82) is 0 Å². The summed E-state index contributed by atoms with van der Waals surface area (Å²) in [7, 11) is 0. The van der Waals surface area contributed by atoms with Crippen molar-refractivity contribution in [2.45, 2.75) is 26.4 Å². The maximum Gasteiger partial charge on any atom is 0.151 e. The summed E-state index contributed by atoms with van der Waals surface area (Å²) in [6, 6.07) is 12.5. The van der Waals surface area contributed by atoms with Crippen molar-refractivity contribution in [3.8, 4) is 5.69 Å². The highest BCUT2D eigenvalue weighted by atomic mass is 15.4. The lowest BCUT2D eigenvalue weighted by atomic mass is 10.3. The topological polar surface area (TPSA) is 49.7 Å². The molecule has 0 saturated heterocycles. The lowest BCUT2D eigenvalue weighted by molar-refractivity contribution is 0.659. The number of anilines is 1. The Bertz CT molecular complexity index is 670. The molecule has 0 atom stereocenters. The standard InChI is InChI=1S/C16H19N5/c1-13(2)20(11-14-10-17-12-18-14)16-8-9-21(19-16)15-6-4-3-5-7-15/h3-10,12-13H,11H2,1-2H3,(H,17,18). The second-order valence-corrected chi connectivity index (χ2v) is 5.25. The number of aromatic nitrogens is 4. The number of para-hydroxylation sites is 1. The predicted molar refractivity (Wildman–Crippen MR) is 83.5 cm³/mol. The summed E-state index contributed by atoms with van der Waals surface area (Å²) in [4.78, 5) is 9.46. The fraction of sp³-hybridized carbons (Fsp3) is 0.250. The van der Waals surface area contributed by atoms with Crippen molar-refractivity contribution < 1.29 is 0 Å². The van der Waals surface area contributed by atoms with Crippen molar-refractivity contribution in [3.63, 3.8) is 0 Å². The van der Waals surface area contributed by atoms with Gasteiger partial charge in [0.2, 0.25) is 0 Å². The zero-order chi connectivity index (χ0) is 14.7. The van der Waals surface area contributed by atoms with E-state index in [2.05, 4.69) is 28.7 Å². The molecule has 0 spiro atoms. The van der Waals surface area contributed by atoms with Gasteiger partial charge >= 0.3 is 0 Å². The summed E-state index contributed by atoms with van der Waals surface area (Å²) in [6.45, 7) is 5.10. The van der Waals surface area contributed by atoms with Crippen molar-refractivity contribution in [1.82, 2.24) is 19.7 Å². The number of hydrogen-bond acceptors (Lipinski definition) is 3. The smallest absolute Gasteiger partial charge is 0.151 e. The third kappa shape index (κ3) is 2.97. The minimum atomic E-state index is 0.354. The molecule has 0 unspecified atom stereocenters. The van der Waals surface area contributed by atoms with Crippen LogP contribution in [0.25, 0.3) is 5.69 Å². The number of hydrogen-bond donors (Lipinski definition) is 1. The Labute approximate surface area is 124 Å². The molecule has 0 aliphatic heterocycles. The number of H-pyrrole nitrogens is 1. The summed E-state index contributed by atoms with van der Waals surface area (Å²) < 4.78 is 1.90. The van der Waals surface area contributed by atoms with Crippen LogP contribution in [0.3, 0.4) is 0 Å². The minimum Gasteiger partial charge on any atom is -0.347 e. The van der Waals surface area contributed by atoms with Crippen molar-refractivity contribution in [2.75, 3.05) is 4.90 Å². The number of rotatable bonds is 5. The van der Waals surface area contributed by atoms with Crippen LogP contribution in [0, 0.1) is 0 Å². The van der Waals surface area contributed by atoms with Gasteiger partial charge in [-0.2, -0.15) is 5.10 Å². The lowest BCUT2D eigenvalue weighted by Gasteiger charge is -2.25. The Morgan fingerprint density at radius 2 is 2.00 bits per heavy atom. The molecule has 1 N–H and O–H groups in total. The van der Waals surface area contributed by atoms with Gasteiger partial charge in [-0.05, 0) is 26.0 Å². The highest BCUT2D eigenvalue weighted by Gasteiger charge is 2.15. The molecule has 3 aromatic rings. The van der Waals surface area contributed by atoms with Gasteiger partial charge in [-0.15, -0.1) is 0 Å².